The molecule has 0 aliphatic rings. The largest absolute Gasteiger partial charge is 0.394 e. The molecule has 0 aromatic carbocycles. The fraction of sp³-hybridized carbons (Fsp3) is 0.917. The number of carbonyl (C=O) groups excluding carboxylic acids is 1. The summed E-state index contributed by atoms with van der Waals surface area (Å²) in [5.41, 5.74) is 0. The van der Waals surface area contributed by atoms with Gasteiger partial charge in [0.15, 0.2) is 0 Å². The van der Waals surface area contributed by atoms with E-state index in [-0.39, 0.29) is 31.3 Å². The number of rotatable bonds is 11. The average Bonchev–Trinajstić information content (AvgIpc) is 2.37. The molecule has 120 valence electrons. The van der Waals surface area contributed by atoms with E-state index in [1.165, 1.54) is 4.90 Å². The van der Waals surface area contributed by atoms with Gasteiger partial charge in [-0.2, -0.15) is 8.42 Å². The Morgan fingerprint density at radius 1 is 1.40 bits per heavy atom. The number of hydrogen-bond donors (Lipinski definition) is 2. The normalized spacial score (nSPS) is 13.2. The zero-order valence-electron chi connectivity index (χ0n) is 12.1. The lowest BCUT2D eigenvalue weighted by Crippen LogP contribution is -2.29. The highest BCUT2D eigenvalue weighted by atomic mass is 32.2. The van der Waals surface area contributed by atoms with E-state index in [0.717, 1.165) is 0 Å². The van der Waals surface area contributed by atoms with Gasteiger partial charge in [0.2, 0.25) is 5.91 Å². The van der Waals surface area contributed by atoms with Crippen LogP contribution in [-0.2, 0) is 19.1 Å². The number of amides is 1. The molecule has 0 bridgehead atoms. The molecule has 7 nitrogen and oxygen atoms in total. The maximum absolute atomic E-state index is 11.7. The molecule has 0 aliphatic heterocycles. The summed E-state index contributed by atoms with van der Waals surface area (Å²) in [4.78, 5) is 13.1. The summed E-state index contributed by atoms with van der Waals surface area (Å²) in [6.07, 6.45) is 0.695. The molecule has 1 amide bonds. The molecule has 0 rings (SSSR count). The van der Waals surface area contributed by atoms with Crippen molar-refractivity contribution < 1.29 is 27.6 Å². The predicted octanol–water partition coefficient (Wildman–Crippen LogP) is -0.275. The topological polar surface area (TPSA) is 104 Å². The van der Waals surface area contributed by atoms with Gasteiger partial charge in [0, 0.05) is 13.6 Å². The highest BCUT2D eigenvalue weighted by molar-refractivity contribution is 7.86. The van der Waals surface area contributed by atoms with E-state index in [0.29, 0.717) is 25.8 Å². The van der Waals surface area contributed by atoms with Crippen molar-refractivity contribution in [3.05, 3.63) is 0 Å². The van der Waals surface area contributed by atoms with Crippen molar-refractivity contribution in [1.82, 2.24) is 4.90 Å². The molecule has 0 saturated heterocycles. The number of hydrogen-bond acceptors (Lipinski definition) is 6. The first-order valence-electron chi connectivity index (χ1n) is 6.72. The van der Waals surface area contributed by atoms with Crippen molar-refractivity contribution in [2.75, 3.05) is 32.6 Å². The quantitative estimate of drug-likeness (QED) is 0.509. The maximum Gasteiger partial charge on any atom is 0.267 e. The molecule has 0 aliphatic carbocycles. The summed E-state index contributed by atoms with van der Waals surface area (Å²) >= 11 is 0. The molecule has 2 N–H and O–H groups in total. The smallest absolute Gasteiger partial charge is 0.267 e. The zero-order valence-corrected chi connectivity index (χ0v) is 12.9. The van der Waals surface area contributed by atoms with E-state index in [2.05, 4.69) is 0 Å². The van der Waals surface area contributed by atoms with Crippen LogP contribution in [0.25, 0.3) is 0 Å². The van der Waals surface area contributed by atoms with Gasteiger partial charge in [0.25, 0.3) is 10.1 Å². The van der Waals surface area contributed by atoms with Crippen LogP contribution in [0, 0.1) is 0 Å². The van der Waals surface area contributed by atoms with Crippen molar-refractivity contribution >= 4 is 16.0 Å². The lowest BCUT2D eigenvalue weighted by Gasteiger charge is -2.17. The van der Waals surface area contributed by atoms with E-state index < -0.39 is 16.2 Å². The molecule has 0 fully saturated rings. The van der Waals surface area contributed by atoms with E-state index in [1.807, 2.05) is 0 Å². The van der Waals surface area contributed by atoms with Crippen LogP contribution in [-0.4, -0.2) is 68.1 Å². The molecule has 20 heavy (non-hydrogen) atoms. The van der Waals surface area contributed by atoms with Gasteiger partial charge in [-0.05, 0) is 19.3 Å². The van der Waals surface area contributed by atoms with E-state index >= 15 is 0 Å². The second-order valence-corrected chi connectivity index (χ2v) is 6.39. The van der Waals surface area contributed by atoms with Gasteiger partial charge in [-0.1, -0.05) is 6.92 Å². The summed E-state index contributed by atoms with van der Waals surface area (Å²) in [6, 6.07) is 0. The highest BCUT2D eigenvalue weighted by Crippen LogP contribution is 2.02. The summed E-state index contributed by atoms with van der Waals surface area (Å²) in [7, 11) is -1.91. The van der Waals surface area contributed by atoms with Crippen LogP contribution in [0.4, 0.5) is 0 Å². The highest BCUT2D eigenvalue weighted by Gasteiger charge is 2.13. The molecule has 0 saturated carbocycles. The Kier molecular flexibility index (Phi) is 9.74. The SMILES string of the molecule is CCCS(=O)(=O)OCCC(=O)N(C)CCCC(O)CO. The molecule has 0 spiro atoms. The Labute approximate surface area is 120 Å². The number of nitrogens with zero attached hydrogens (tertiary/aromatic N) is 1. The lowest BCUT2D eigenvalue weighted by atomic mass is 10.2. The van der Waals surface area contributed by atoms with E-state index in [1.54, 1.807) is 14.0 Å². The number of aliphatic hydroxyl groups is 2. The predicted molar refractivity (Wildman–Crippen MR) is 74.6 cm³/mol. The Morgan fingerprint density at radius 2 is 2.05 bits per heavy atom. The maximum atomic E-state index is 11.7. The van der Waals surface area contributed by atoms with Crippen molar-refractivity contribution in [2.24, 2.45) is 0 Å². The third-order valence-electron chi connectivity index (χ3n) is 2.70. The van der Waals surface area contributed by atoms with Gasteiger partial charge in [-0.3, -0.25) is 8.98 Å². The van der Waals surface area contributed by atoms with Crippen LogP contribution < -0.4 is 0 Å². The Balaban J connectivity index is 3.86. The molecular formula is C12H25NO6S. The molecule has 0 aromatic heterocycles. The van der Waals surface area contributed by atoms with Gasteiger partial charge < -0.3 is 15.1 Å². The third-order valence-corrected chi connectivity index (χ3v) is 4.13. The van der Waals surface area contributed by atoms with Crippen LogP contribution in [0.3, 0.4) is 0 Å². The van der Waals surface area contributed by atoms with Gasteiger partial charge in [0.1, 0.15) is 0 Å². The number of carbonyl (C=O) groups is 1. The second-order valence-electron chi connectivity index (χ2n) is 4.63. The van der Waals surface area contributed by atoms with Crippen molar-refractivity contribution in [3.63, 3.8) is 0 Å². The summed E-state index contributed by atoms with van der Waals surface area (Å²) in [6.45, 7) is 1.74. The summed E-state index contributed by atoms with van der Waals surface area (Å²) in [5, 5.41) is 17.8. The Bertz CT molecular complexity index is 370. The molecule has 1 unspecified atom stereocenters. The van der Waals surface area contributed by atoms with Crippen molar-refractivity contribution in [2.45, 2.75) is 38.7 Å². The van der Waals surface area contributed by atoms with Crippen molar-refractivity contribution in [1.29, 1.82) is 0 Å². The van der Waals surface area contributed by atoms with Gasteiger partial charge in [-0.15, -0.1) is 0 Å². The Morgan fingerprint density at radius 3 is 2.60 bits per heavy atom. The van der Waals surface area contributed by atoms with Crippen LogP contribution in [0.2, 0.25) is 0 Å². The van der Waals surface area contributed by atoms with Crippen LogP contribution in [0.1, 0.15) is 32.6 Å². The average molecular weight is 311 g/mol. The Hall–Kier alpha value is -0.700. The van der Waals surface area contributed by atoms with Crippen LogP contribution in [0.15, 0.2) is 0 Å². The van der Waals surface area contributed by atoms with Gasteiger partial charge in [-0.25, -0.2) is 0 Å². The molecule has 8 heteroatoms. The summed E-state index contributed by atoms with van der Waals surface area (Å²) < 4.78 is 27.2. The van der Waals surface area contributed by atoms with Crippen LogP contribution in [0.5, 0.6) is 0 Å². The summed E-state index contributed by atoms with van der Waals surface area (Å²) in [5.74, 6) is -0.258. The first kappa shape index (κ1) is 19.3. The molecule has 1 atom stereocenters. The zero-order chi connectivity index (χ0) is 15.6. The third kappa shape index (κ3) is 9.24. The fourth-order valence-electron chi connectivity index (χ4n) is 1.54. The monoisotopic (exact) mass is 311 g/mol. The van der Waals surface area contributed by atoms with E-state index in [9.17, 15) is 13.2 Å². The van der Waals surface area contributed by atoms with Crippen LogP contribution >= 0.6 is 0 Å². The molecule has 0 radical (unpaired) electrons. The first-order chi connectivity index (χ1) is 9.32. The number of aliphatic hydroxyl groups excluding tert-OH is 2. The molecule has 0 heterocycles. The van der Waals surface area contributed by atoms with Gasteiger partial charge in [0.05, 0.1) is 31.5 Å². The van der Waals surface area contributed by atoms with E-state index in [4.69, 9.17) is 14.4 Å². The molecular weight excluding hydrogens is 286 g/mol. The standard InChI is InChI=1S/C12H25NO6S/c1-3-9-20(17,18)19-8-6-12(16)13(2)7-4-5-11(15)10-14/h11,14-15H,3-10H2,1-2H3. The second kappa shape index (κ2) is 10.1. The van der Waals surface area contributed by atoms with Gasteiger partial charge >= 0.3 is 0 Å². The van der Waals surface area contributed by atoms with Crippen molar-refractivity contribution in [3.8, 4) is 0 Å². The minimum absolute atomic E-state index is 0.00198. The first-order valence-corrected chi connectivity index (χ1v) is 8.30. The molecule has 0 aromatic rings. The lowest BCUT2D eigenvalue weighted by molar-refractivity contribution is -0.130. The fourth-order valence-corrected chi connectivity index (χ4v) is 2.49. The minimum Gasteiger partial charge on any atom is -0.394 e. The minimum atomic E-state index is -3.52.